The summed E-state index contributed by atoms with van der Waals surface area (Å²) in [5, 5.41) is 0. The van der Waals surface area contributed by atoms with Crippen LogP contribution >= 0.6 is 0 Å². The number of carbonyl (C=O) groups is 1. The summed E-state index contributed by atoms with van der Waals surface area (Å²) in [6.07, 6.45) is 0. The zero-order valence-electron chi connectivity index (χ0n) is 11.9. The maximum absolute atomic E-state index is 11.5. The van der Waals surface area contributed by atoms with Crippen molar-refractivity contribution < 1.29 is 14.3 Å². The van der Waals surface area contributed by atoms with Crippen LogP contribution in [0.4, 0.5) is 0 Å². The highest BCUT2D eigenvalue weighted by atomic mass is 16.5. The molecule has 0 N–H and O–H groups in total. The summed E-state index contributed by atoms with van der Waals surface area (Å²) in [5.74, 6) is 1.49. The van der Waals surface area contributed by atoms with Crippen LogP contribution in [0.2, 0.25) is 0 Å². The monoisotopic (exact) mass is 270 g/mol. The van der Waals surface area contributed by atoms with Gasteiger partial charge in [-0.05, 0) is 41.8 Å². The largest absolute Gasteiger partial charge is 0.465 e. The van der Waals surface area contributed by atoms with Crippen LogP contribution in [0.25, 0.3) is 0 Å². The third-order valence-corrected chi connectivity index (χ3v) is 3.04. The molecule has 20 heavy (non-hydrogen) atoms. The number of esters is 1. The highest BCUT2D eigenvalue weighted by Gasteiger charge is 2.07. The van der Waals surface area contributed by atoms with Gasteiger partial charge in [-0.1, -0.05) is 32.0 Å². The number of methoxy groups -OCH3 is 1. The standard InChI is InChI=1S/C17H18O3/c1-12(2)13-7-9-15(10-8-13)20-16-6-4-5-14(11-16)17(18)19-3/h4-12H,1-3H3. The predicted octanol–water partition coefficient (Wildman–Crippen LogP) is 4.39. The fraction of sp³-hybridized carbons (Fsp3) is 0.235. The first-order valence-corrected chi connectivity index (χ1v) is 6.56. The smallest absolute Gasteiger partial charge is 0.337 e. The van der Waals surface area contributed by atoms with E-state index in [9.17, 15) is 4.79 Å². The Bertz CT molecular complexity index is 585. The van der Waals surface area contributed by atoms with E-state index < -0.39 is 0 Å². The van der Waals surface area contributed by atoms with Crippen molar-refractivity contribution in [1.29, 1.82) is 0 Å². The van der Waals surface area contributed by atoms with Gasteiger partial charge in [0, 0.05) is 0 Å². The molecule has 0 heterocycles. The number of rotatable bonds is 4. The molecule has 0 amide bonds. The number of ether oxygens (including phenoxy) is 2. The molecule has 0 aromatic heterocycles. The lowest BCUT2D eigenvalue weighted by Crippen LogP contribution is -2.00. The Hall–Kier alpha value is -2.29. The van der Waals surface area contributed by atoms with Crippen LogP contribution in [0.3, 0.4) is 0 Å². The van der Waals surface area contributed by atoms with Crippen molar-refractivity contribution in [2.24, 2.45) is 0 Å². The van der Waals surface area contributed by atoms with Crippen LogP contribution in [0, 0.1) is 0 Å². The molecule has 0 radical (unpaired) electrons. The molecule has 3 heteroatoms. The van der Waals surface area contributed by atoms with Gasteiger partial charge < -0.3 is 9.47 Å². The molecular weight excluding hydrogens is 252 g/mol. The highest BCUT2D eigenvalue weighted by Crippen LogP contribution is 2.24. The molecule has 0 aliphatic rings. The minimum atomic E-state index is -0.370. The van der Waals surface area contributed by atoms with Crippen molar-refractivity contribution in [3.63, 3.8) is 0 Å². The van der Waals surface area contributed by atoms with E-state index in [1.165, 1.54) is 12.7 Å². The lowest BCUT2D eigenvalue weighted by atomic mass is 10.0. The van der Waals surface area contributed by atoms with Crippen LogP contribution < -0.4 is 4.74 Å². The lowest BCUT2D eigenvalue weighted by Gasteiger charge is -2.09. The summed E-state index contributed by atoms with van der Waals surface area (Å²) in [5.41, 5.74) is 1.74. The minimum Gasteiger partial charge on any atom is -0.465 e. The van der Waals surface area contributed by atoms with Crippen molar-refractivity contribution in [1.82, 2.24) is 0 Å². The minimum absolute atomic E-state index is 0.370. The van der Waals surface area contributed by atoms with E-state index in [0.29, 0.717) is 17.2 Å². The third kappa shape index (κ3) is 3.38. The maximum atomic E-state index is 11.5. The molecule has 0 aliphatic heterocycles. The average Bonchev–Trinajstić information content (AvgIpc) is 2.47. The van der Waals surface area contributed by atoms with E-state index in [2.05, 4.69) is 18.6 Å². The first kappa shape index (κ1) is 14.1. The van der Waals surface area contributed by atoms with Gasteiger partial charge in [0.05, 0.1) is 12.7 Å². The second-order valence-electron chi connectivity index (χ2n) is 4.85. The molecule has 104 valence electrons. The summed E-state index contributed by atoms with van der Waals surface area (Å²) in [7, 11) is 1.36. The average molecular weight is 270 g/mol. The summed E-state index contributed by atoms with van der Waals surface area (Å²) in [6, 6.07) is 14.9. The Morgan fingerprint density at radius 3 is 2.30 bits per heavy atom. The summed E-state index contributed by atoms with van der Waals surface area (Å²) in [6.45, 7) is 4.30. The van der Waals surface area contributed by atoms with E-state index >= 15 is 0 Å². The van der Waals surface area contributed by atoms with E-state index in [1.54, 1.807) is 18.2 Å². The van der Waals surface area contributed by atoms with Gasteiger partial charge in [0.2, 0.25) is 0 Å². The van der Waals surface area contributed by atoms with Crippen LogP contribution in [0.1, 0.15) is 35.7 Å². The van der Waals surface area contributed by atoms with Gasteiger partial charge in [-0.3, -0.25) is 0 Å². The molecule has 2 rings (SSSR count). The molecule has 0 spiro atoms. The van der Waals surface area contributed by atoms with E-state index in [0.717, 1.165) is 5.75 Å². The van der Waals surface area contributed by atoms with Crippen molar-refractivity contribution in [2.45, 2.75) is 19.8 Å². The molecular formula is C17H18O3. The van der Waals surface area contributed by atoms with Crippen molar-refractivity contribution in [2.75, 3.05) is 7.11 Å². The molecule has 2 aromatic rings. The van der Waals surface area contributed by atoms with Crippen molar-refractivity contribution >= 4 is 5.97 Å². The predicted molar refractivity (Wildman–Crippen MR) is 78.4 cm³/mol. The summed E-state index contributed by atoms with van der Waals surface area (Å²) in [4.78, 5) is 11.5. The van der Waals surface area contributed by atoms with Gasteiger partial charge in [0.1, 0.15) is 11.5 Å². The fourth-order valence-electron chi connectivity index (χ4n) is 1.86. The number of benzene rings is 2. The topological polar surface area (TPSA) is 35.5 Å². The van der Waals surface area contributed by atoms with Gasteiger partial charge in [0.15, 0.2) is 0 Å². The molecule has 0 atom stereocenters. The Balaban J connectivity index is 2.15. The third-order valence-electron chi connectivity index (χ3n) is 3.04. The summed E-state index contributed by atoms with van der Waals surface area (Å²) < 4.78 is 10.4. The van der Waals surface area contributed by atoms with Crippen LogP contribution in [0.15, 0.2) is 48.5 Å². The Morgan fingerprint density at radius 1 is 1.00 bits per heavy atom. The van der Waals surface area contributed by atoms with Crippen LogP contribution in [-0.4, -0.2) is 13.1 Å². The quantitative estimate of drug-likeness (QED) is 0.773. The van der Waals surface area contributed by atoms with Crippen LogP contribution in [-0.2, 0) is 4.74 Å². The second-order valence-corrected chi connectivity index (χ2v) is 4.85. The molecule has 3 nitrogen and oxygen atoms in total. The first-order chi connectivity index (χ1) is 9.60. The van der Waals surface area contributed by atoms with E-state index in [1.807, 2.05) is 30.3 Å². The SMILES string of the molecule is COC(=O)c1cccc(Oc2ccc(C(C)C)cc2)c1. The van der Waals surface area contributed by atoms with E-state index in [-0.39, 0.29) is 5.97 Å². The Labute approximate surface area is 119 Å². The molecule has 0 saturated heterocycles. The Kier molecular flexibility index (Phi) is 4.41. The van der Waals surface area contributed by atoms with Crippen molar-refractivity contribution in [3.05, 3.63) is 59.7 Å². The molecule has 0 saturated carbocycles. The molecule has 0 unspecified atom stereocenters. The number of hydrogen-bond donors (Lipinski definition) is 0. The maximum Gasteiger partial charge on any atom is 0.337 e. The number of carbonyl (C=O) groups excluding carboxylic acids is 1. The zero-order valence-corrected chi connectivity index (χ0v) is 11.9. The summed E-state index contributed by atoms with van der Waals surface area (Å²) >= 11 is 0. The van der Waals surface area contributed by atoms with Gasteiger partial charge in [-0.25, -0.2) is 4.79 Å². The van der Waals surface area contributed by atoms with E-state index in [4.69, 9.17) is 4.74 Å². The molecule has 0 aliphatic carbocycles. The van der Waals surface area contributed by atoms with Gasteiger partial charge in [-0.15, -0.1) is 0 Å². The zero-order chi connectivity index (χ0) is 14.5. The lowest BCUT2D eigenvalue weighted by molar-refractivity contribution is 0.0600. The molecule has 0 bridgehead atoms. The second kappa shape index (κ2) is 6.24. The van der Waals surface area contributed by atoms with Gasteiger partial charge >= 0.3 is 5.97 Å². The first-order valence-electron chi connectivity index (χ1n) is 6.56. The normalized spacial score (nSPS) is 10.4. The van der Waals surface area contributed by atoms with Crippen molar-refractivity contribution in [3.8, 4) is 11.5 Å². The Morgan fingerprint density at radius 2 is 1.70 bits per heavy atom. The fourth-order valence-corrected chi connectivity index (χ4v) is 1.86. The highest BCUT2D eigenvalue weighted by molar-refractivity contribution is 5.89. The van der Waals surface area contributed by atoms with Gasteiger partial charge in [0.25, 0.3) is 0 Å². The van der Waals surface area contributed by atoms with Gasteiger partial charge in [-0.2, -0.15) is 0 Å². The molecule has 2 aromatic carbocycles. The number of hydrogen-bond acceptors (Lipinski definition) is 3. The molecule has 0 fully saturated rings. The van der Waals surface area contributed by atoms with Crippen LogP contribution in [0.5, 0.6) is 11.5 Å².